The highest BCUT2D eigenvalue weighted by atomic mass is 15.1. The van der Waals surface area contributed by atoms with Crippen LogP contribution in [0, 0.1) is 5.92 Å². The largest absolute Gasteiger partial charge is 0.323 e. The van der Waals surface area contributed by atoms with E-state index in [1.807, 2.05) is 0 Å². The molecule has 1 aliphatic rings. The summed E-state index contributed by atoms with van der Waals surface area (Å²) in [5, 5.41) is 0. The zero-order valence-electron chi connectivity index (χ0n) is 11.9. The first kappa shape index (κ1) is 13.6. The molecule has 2 rings (SSSR count). The molecule has 1 saturated carbocycles. The maximum Gasteiger partial charge on any atom is 0.0450 e. The quantitative estimate of drug-likeness (QED) is 0.836. The predicted molar refractivity (Wildman–Crippen MR) is 77.6 cm³/mol. The number of nitrogens with two attached hydrogens (primary N) is 1. The molecule has 2 atom stereocenters. The Hall–Kier alpha value is -0.860. The molecule has 0 heterocycles. The summed E-state index contributed by atoms with van der Waals surface area (Å²) in [7, 11) is 2.20. The van der Waals surface area contributed by atoms with E-state index in [0.29, 0.717) is 6.04 Å². The van der Waals surface area contributed by atoms with Gasteiger partial charge in [0.25, 0.3) is 0 Å². The minimum Gasteiger partial charge on any atom is -0.323 e. The molecule has 1 aromatic rings. The van der Waals surface area contributed by atoms with Gasteiger partial charge in [-0.1, -0.05) is 31.2 Å². The number of hydrogen-bond acceptors (Lipinski definition) is 2. The van der Waals surface area contributed by atoms with Crippen LogP contribution >= 0.6 is 0 Å². The Labute approximate surface area is 111 Å². The summed E-state index contributed by atoms with van der Waals surface area (Å²) in [5.74, 6) is 0.923. The van der Waals surface area contributed by atoms with Crippen molar-refractivity contribution in [2.24, 2.45) is 11.7 Å². The highest BCUT2D eigenvalue weighted by Gasteiger charge is 2.27. The van der Waals surface area contributed by atoms with E-state index < -0.39 is 0 Å². The Morgan fingerprint density at radius 3 is 2.39 bits per heavy atom. The number of likely N-dealkylation sites (N-methyl/N-ethyl adjacent to an activating group) is 1. The molecular formula is C16H26N2. The summed E-state index contributed by atoms with van der Waals surface area (Å²) in [6.45, 7) is 5.61. The van der Waals surface area contributed by atoms with Gasteiger partial charge in [0.05, 0.1) is 0 Å². The van der Waals surface area contributed by atoms with Gasteiger partial charge in [0.1, 0.15) is 0 Å². The Bertz CT molecular complexity index is 367. The standard InChI is InChI=1S/C16H26N2/c1-4-13-7-9-15(10-8-13)16(17)12(2)18(3)11-14-5-6-14/h7-10,12,14,16H,4-6,11,17H2,1-3H3. The van der Waals surface area contributed by atoms with E-state index >= 15 is 0 Å². The van der Waals surface area contributed by atoms with Crippen molar-refractivity contribution < 1.29 is 0 Å². The number of rotatable bonds is 6. The third kappa shape index (κ3) is 3.33. The second-order valence-corrected chi connectivity index (χ2v) is 5.74. The van der Waals surface area contributed by atoms with Crippen LogP contribution in [0.25, 0.3) is 0 Å². The van der Waals surface area contributed by atoms with Crippen molar-refractivity contribution in [2.75, 3.05) is 13.6 Å². The highest BCUT2D eigenvalue weighted by molar-refractivity contribution is 5.25. The van der Waals surface area contributed by atoms with Crippen molar-refractivity contribution >= 4 is 0 Å². The van der Waals surface area contributed by atoms with Crippen molar-refractivity contribution in [3.8, 4) is 0 Å². The Morgan fingerprint density at radius 2 is 1.89 bits per heavy atom. The first-order valence-electron chi connectivity index (χ1n) is 7.16. The van der Waals surface area contributed by atoms with Gasteiger partial charge in [-0.15, -0.1) is 0 Å². The minimum absolute atomic E-state index is 0.111. The molecule has 0 amide bonds. The van der Waals surface area contributed by atoms with Crippen molar-refractivity contribution in [1.29, 1.82) is 0 Å². The van der Waals surface area contributed by atoms with Gasteiger partial charge in [-0.05, 0) is 50.3 Å². The van der Waals surface area contributed by atoms with Crippen LogP contribution in [0.4, 0.5) is 0 Å². The number of aryl methyl sites for hydroxylation is 1. The van der Waals surface area contributed by atoms with Gasteiger partial charge in [-0.2, -0.15) is 0 Å². The number of hydrogen-bond donors (Lipinski definition) is 1. The van der Waals surface area contributed by atoms with E-state index in [1.165, 1.54) is 30.5 Å². The first-order chi connectivity index (χ1) is 8.61. The fourth-order valence-corrected chi connectivity index (χ4v) is 2.40. The van der Waals surface area contributed by atoms with Crippen LogP contribution in [0.2, 0.25) is 0 Å². The first-order valence-corrected chi connectivity index (χ1v) is 7.16. The second kappa shape index (κ2) is 5.85. The van der Waals surface area contributed by atoms with Crippen LogP contribution in [0.1, 0.15) is 43.9 Å². The van der Waals surface area contributed by atoms with Crippen molar-refractivity contribution in [2.45, 2.75) is 45.2 Å². The monoisotopic (exact) mass is 246 g/mol. The van der Waals surface area contributed by atoms with Crippen LogP contribution in [0.5, 0.6) is 0 Å². The molecule has 2 heteroatoms. The smallest absolute Gasteiger partial charge is 0.0450 e. The molecule has 0 spiro atoms. The molecule has 100 valence electrons. The van der Waals surface area contributed by atoms with Crippen LogP contribution in [0.15, 0.2) is 24.3 Å². The van der Waals surface area contributed by atoms with E-state index in [1.54, 1.807) is 0 Å². The Kier molecular flexibility index (Phi) is 4.41. The van der Waals surface area contributed by atoms with Gasteiger partial charge in [0, 0.05) is 18.6 Å². The fraction of sp³-hybridized carbons (Fsp3) is 0.625. The van der Waals surface area contributed by atoms with Crippen molar-refractivity contribution in [3.63, 3.8) is 0 Å². The summed E-state index contributed by atoms with van der Waals surface area (Å²) >= 11 is 0. The summed E-state index contributed by atoms with van der Waals surface area (Å²) < 4.78 is 0. The molecule has 0 aliphatic heterocycles. The molecule has 2 nitrogen and oxygen atoms in total. The van der Waals surface area contributed by atoms with Gasteiger partial charge in [-0.3, -0.25) is 0 Å². The van der Waals surface area contributed by atoms with E-state index in [0.717, 1.165) is 12.3 Å². The summed E-state index contributed by atoms with van der Waals surface area (Å²) in [4.78, 5) is 2.41. The summed E-state index contributed by atoms with van der Waals surface area (Å²) in [6.07, 6.45) is 3.89. The lowest BCUT2D eigenvalue weighted by atomic mass is 9.98. The minimum atomic E-state index is 0.111. The normalized spacial score (nSPS) is 18.9. The van der Waals surface area contributed by atoms with Gasteiger partial charge >= 0.3 is 0 Å². The lowest BCUT2D eigenvalue weighted by molar-refractivity contribution is 0.218. The van der Waals surface area contributed by atoms with E-state index in [9.17, 15) is 0 Å². The van der Waals surface area contributed by atoms with Crippen LogP contribution < -0.4 is 5.73 Å². The molecule has 0 aromatic heterocycles. The maximum atomic E-state index is 6.39. The summed E-state index contributed by atoms with van der Waals surface area (Å²) in [6, 6.07) is 9.28. The molecule has 18 heavy (non-hydrogen) atoms. The van der Waals surface area contributed by atoms with Gasteiger partial charge in [-0.25, -0.2) is 0 Å². The van der Waals surface area contributed by atoms with Crippen LogP contribution in [-0.2, 0) is 6.42 Å². The molecule has 1 aromatic carbocycles. The lowest BCUT2D eigenvalue weighted by Gasteiger charge is -2.30. The third-order valence-corrected chi connectivity index (χ3v) is 4.23. The zero-order chi connectivity index (χ0) is 13.1. The topological polar surface area (TPSA) is 29.3 Å². The third-order valence-electron chi connectivity index (χ3n) is 4.23. The predicted octanol–water partition coefficient (Wildman–Crippen LogP) is 2.98. The van der Waals surface area contributed by atoms with Crippen LogP contribution in [-0.4, -0.2) is 24.5 Å². The Morgan fingerprint density at radius 1 is 1.28 bits per heavy atom. The zero-order valence-corrected chi connectivity index (χ0v) is 11.9. The molecule has 0 radical (unpaired) electrons. The fourth-order valence-electron chi connectivity index (χ4n) is 2.40. The number of benzene rings is 1. The maximum absolute atomic E-state index is 6.39. The Balaban J connectivity index is 1.96. The van der Waals surface area contributed by atoms with E-state index in [4.69, 9.17) is 5.73 Å². The average Bonchev–Trinajstić information content (AvgIpc) is 3.21. The van der Waals surface area contributed by atoms with Gasteiger partial charge in [0.15, 0.2) is 0 Å². The van der Waals surface area contributed by atoms with Crippen LogP contribution in [0.3, 0.4) is 0 Å². The van der Waals surface area contributed by atoms with Crippen molar-refractivity contribution in [3.05, 3.63) is 35.4 Å². The second-order valence-electron chi connectivity index (χ2n) is 5.74. The van der Waals surface area contributed by atoms with Gasteiger partial charge < -0.3 is 10.6 Å². The van der Waals surface area contributed by atoms with E-state index in [2.05, 4.69) is 50.1 Å². The molecule has 2 unspecified atom stereocenters. The number of nitrogens with zero attached hydrogens (tertiary/aromatic N) is 1. The molecule has 1 fully saturated rings. The highest BCUT2D eigenvalue weighted by Crippen LogP contribution is 2.30. The van der Waals surface area contributed by atoms with Crippen molar-refractivity contribution in [1.82, 2.24) is 4.90 Å². The van der Waals surface area contributed by atoms with Gasteiger partial charge in [0.2, 0.25) is 0 Å². The molecule has 0 bridgehead atoms. The van der Waals surface area contributed by atoms with E-state index in [-0.39, 0.29) is 6.04 Å². The average molecular weight is 246 g/mol. The molecule has 1 aliphatic carbocycles. The lowest BCUT2D eigenvalue weighted by Crippen LogP contribution is -2.39. The molecule has 2 N–H and O–H groups in total. The molecule has 0 saturated heterocycles. The summed E-state index contributed by atoms with van der Waals surface area (Å²) in [5.41, 5.74) is 9.02. The molecular weight excluding hydrogens is 220 g/mol. The SMILES string of the molecule is CCc1ccc(C(N)C(C)N(C)CC2CC2)cc1.